The molecule has 8 bridgehead atoms. The molecule has 2 atom stereocenters. The first-order valence-electron chi connectivity index (χ1n) is 14.4. The van der Waals surface area contributed by atoms with Crippen LogP contribution >= 0.6 is 11.8 Å². The van der Waals surface area contributed by atoms with Gasteiger partial charge >= 0.3 is 11.9 Å². The molecule has 43 heavy (non-hydrogen) atoms. The van der Waals surface area contributed by atoms with Crippen molar-refractivity contribution in [2.45, 2.75) is 64.0 Å². The maximum absolute atomic E-state index is 11.6. The van der Waals surface area contributed by atoms with Gasteiger partial charge < -0.3 is 20.2 Å². The zero-order valence-electron chi connectivity index (χ0n) is 24.7. The number of carbonyl (C=O) groups is 2. The van der Waals surface area contributed by atoms with Crippen molar-refractivity contribution in [3.8, 4) is 0 Å². The van der Waals surface area contributed by atoms with Crippen LogP contribution in [-0.4, -0.2) is 42.1 Å². The number of aromatic nitrogens is 4. The number of carboxylic acids is 2. The van der Waals surface area contributed by atoms with Gasteiger partial charge in [0.1, 0.15) is 0 Å². The normalized spacial score (nSPS) is 19.1. The third-order valence-corrected chi connectivity index (χ3v) is 10.2. The van der Waals surface area contributed by atoms with E-state index in [1.54, 1.807) is 11.8 Å². The summed E-state index contributed by atoms with van der Waals surface area (Å²) in [4.78, 5) is 40.4. The van der Waals surface area contributed by atoms with Crippen molar-refractivity contribution in [1.29, 1.82) is 0 Å². The third kappa shape index (κ3) is 4.91. The van der Waals surface area contributed by atoms with Gasteiger partial charge in [-0.1, -0.05) is 18.7 Å². The molecule has 0 saturated heterocycles. The average molecular weight is 595 g/mol. The van der Waals surface area contributed by atoms with E-state index < -0.39 is 11.9 Å². The molecule has 8 nitrogen and oxygen atoms in total. The number of allylic oxidation sites excluding steroid dienone is 3. The van der Waals surface area contributed by atoms with E-state index in [4.69, 9.17) is 9.97 Å². The molecule has 3 aromatic heterocycles. The van der Waals surface area contributed by atoms with Crippen molar-refractivity contribution in [1.82, 2.24) is 19.9 Å². The molecule has 0 aromatic carbocycles. The van der Waals surface area contributed by atoms with Gasteiger partial charge in [0.05, 0.1) is 27.5 Å². The van der Waals surface area contributed by atoms with Crippen molar-refractivity contribution >= 4 is 63.0 Å². The molecule has 3 aromatic rings. The summed E-state index contributed by atoms with van der Waals surface area (Å²) in [7, 11) is 0. The summed E-state index contributed by atoms with van der Waals surface area (Å²) in [5, 5.41) is 21.1. The molecule has 6 heterocycles. The molecule has 0 aliphatic carbocycles. The number of hydrogen-bond donors (Lipinski definition) is 4. The fourth-order valence-corrected chi connectivity index (χ4v) is 7.49. The Morgan fingerprint density at radius 1 is 0.930 bits per heavy atom. The second-order valence-electron chi connectivity index (χ2n) is 11.6. The number of aromatic amines is 2. The van der Waals surface area contributed by atoms with Gasteiger partial charge in [0, 0.05) is 46.4 Å². The summed E-state index contributed by atoms with van der Waals surface area (Å²) in [6, 6.07) is 8.15. The van der Waals surface area contributed by atoms with Gasteiger partial charge in [-0.25, -0.2) is 4.98 Å². The lowest BCUT2D eigenvalue weighted by molar-refractivity contribution is -0.137. The van der Waals surface area contributed by atoms with Crippen LogP contribution in [0.25, 0.3) is 39.3 Å². The monoisotopic (exact) mass is 594 g/mol. The summed E-state index contributed by atoms with van der Waals surface area (Å²) in [5.74, 6) is -1.66. The fourth-order valence-electron chi connectivity index (χ4n) is 6.40. The van der Waals surface area contributed by atoms with Crippen molar-refractivity contribution < 1.29 is 19.8 Å². The molecule has 220 valence electrons. The van der Waals surface area contributed by atoms with Crippen molar-refractivity contribution in [3.63, 3.8) is 0 Å². The fraction of sp³-hybridized carbons (Fsp3) is 0.294. The Hall–Kier alpha value is -4.37. The van der Waals surface area contributed by atoms with E-state index in [0.717, 1.165) is 72.5 Å². The summed E-state index contributed by atoms with van der Waals surface area (Å²) < 4.78 is -0.264. The molecule has 3 aliphatic heterocycles. The van der Waals surface area contributed by atoms with Crippen molar-refractivity contribution in [3.05, 3.63) is 87.4 Å². The van der Waals surface area contributed by atoms with E-state index in [2.05, 4.69) is 54.0 Å². The number of fused-ring (bicyclic) bond motifs is 11. The van der Waals surface area contributed by atoms with E-state index in [9.17, 15) is 19.8 Å². The second kappa shape index (κ2) is 10.7. The molecule has 0 radical (unpaired) electrons. The van der Waals surface area contributed by atoms with E-state index in [-0.39, 0.29) is 23.5 Å². The summed E-state index contributed by atoms with van der Waals surface area (Å²) in [5.41, 5.74) is 12.5. The molecule has 6 rings (SSSR count). The topological polar surface area (TPSA) is 132 Å². The molecular weight excluding hydrogens is 560 g/mol. The minimum Gasteiger partial charge on any atom is -0.481 e. The summed E-state index contributed by atoms with van der Waals surface area (Å²) in [6.45, 7) is 12.3. The first kappa shape index (κ1) is 28.7. The van der Waals surface area contributed by atoms with E-state index in [0.29, 0.717) is 18.5 Å². The van der Waals surface area contributed by atoms with Crippen LogP contribution in [0, 0.1) is 13.8 Å². The van der Waals surface area contributed by atoms with Crippen molar-refractivity contribution in [2.75, 3.05) is 0 Å². The number of H-pyrrole nitrogens is 2. The highest BCUT2D eigenvalue weighted by Crippen LogP contribution is 2.55. The van der Waals surface area contributed by atoms with E-state index in [1.807, 2.05) is 32.1 Å². The summed E-state index contributed by atoms with van der Waals surface area (Å²) >= 11 is 1.76. The predicted molar refractivity (Wildman–Crippen MR) is 173 cm³/mol. The molecule has 0 saturated carbocycles. The first-order chi connectivity index (χ1) is 20.5. The quantitative estimate of drug-likeness (QED) is 0.221. The molecule has 4 N–H and O–H groups in total. The zero-order valence-corrected chi connectivity index (χ0v) is 25.5. The van der Waals surface area contributed by atoms with Gasteiger partial charge in [0.25, 0.3) is 0 Å². The van der Waals surface area contributed by atoms with Crippen LogP contribution < -0.4 is 0 Å². The number of carboxylic acid groups (broad SMARTS) is 2. The van der Waals surface area contributed by atoms with Gasteiger partial charge in [-0.15, -0.1) is 11.8 Å². The number of aryl methyl sites for hydroxylation is 3. The highest BCUT2D eigenvalue weighted by Gasteiger charge is 2.45. The maximum atomic E-state index is 11.6. The highest BCUT2D eigenvalue weighted by molar-refractivity contribution is 8.03. The van der Waals surface area contributed by atoms with Crippen LogP contribution in [0.1, 0.15) is 84.1 Å². The van der Waals surface area contributed by atoms with Gasteiger partial charge in [-0.3, -0.25) is 14.6 Å². The lowest BCUT2D eigenvalue weighted by Gasteiger charge is -2.22. The Labute approximate surface area is 253 Å². The Morgan fingerprint density at radius 3 is 2.33 bits per heavy atom. The number of hydrogen-bond acceptors (Lipinski definition) is 5. The number of aliphatic carboxylic acids is 2. The lowest BCUT2D eigenvalue weighted by atomic mass is 9.90. The largest absolute Gasteiger partial charge is 0.481 e. The van der Waals surface area contributed by atoms with E-state index in [1.165, 1.54) is 0 Å². The second-order valence-corrected chi connectivity index (χ2v) is 12.9. The molecule has 0 amide bonds. The first-order valence-corrected chi connectivity index (χ1v) is 15.2. The Kier molecular flexibility index (Phi) is 7.16. The van der Waals surface area contributed by atoms with Crippen LogP contribution in [0.15, 0.2) is 42.3 Å². The van der Waals surface area contributed by atoms with Crippen LogP contribution in [0.5, 0.6) is 0 Å². The molecule has 0 spiro atoms. The van der Waals surface area contributed by atoms with Crippen LogP contribution in [0.2, 0.25) is 0 Å². The van der Waals surface area contributed by atoms with Gasteiger partial charge in [0.15, 0.2) is 0 Å². The lowest BCUT2D eigenvalue weighted by Crippen LogP contribution is -2.16. The van der Waals surface area contributed by atoms with Crippen LogP contribution in [0.4, 0.5) is 0 Å². The Balaban J connectivity index is 1.74. The Morgan fingerprint density at radius 2 is 1.60 bits per heavy atom. The zero-order chi connectivity index (χ0) is 30.6. The van der Waals surface area contributed by atoms with Crippen molar-refractivity contribution in [2.24, 2.45) is 0 Å². The third-order valence-electron chi connectivity index (χ3n) is 8.98. The highest BCUT2D eigenvalue weighted by atomic mass is 32.2. The molecular formula is C34H34N4O4S. The molecule has 1 unspecified atom stereocenters. The maximum Gasteiger partial charge on any atom is 0.303 e. The summed E-state index contributed by atoms with van der Waals surface area (Å²) in [6.07, 6.45) is 4.71. The van der Waals surface area contributed by atoms with Gasteiger partial charge in [0.2, 0.25) is 0 Å². The molecule has 0 fully saturated rings. The Bertz CT molecular complexity index is 1950. The molecule has 3 aliphatic rings. The number of rotatable bonds is 7. The smallest absolute Gasteiger partial charge is 0.303 e. The van der Waals surface area contributed by atoms with Gasteiger partial charge in [-0.05, 0) is 98.0 Å². The number of thioether (sulfide) groups is 1. The number of nitrogens with zero attached hydrogens (tertiary/aromatic N) is 2. The van der Waals surface area contributed by atoms with Crippen LogP contribution in [-0.2, 0) is 20.8 Å². The predicted octanol–water partition coefficient (Wildman–Crippen LogP) is 7.65. The minimum absolute atomic E-state index is 0.00883. The standard InChI is InChI=1S/C34H34N4O4S/c1-6-20-17(2)24-13-25-18(3)21(7-9-32(39)40)27(35-25)15-28-22(8-10-33(41)42)19(4)26(36-28)14-30-23-11-12-43-34(23,5)31(38-30)16-29(20)37-24/h6,11-16,23,36-37H,1,7-10H2,2-5H3,(H,39,40)(H,41,42)/t23?,34-/m1/s1. The van der Waals surface area contributed by atoms with E-state index >= 15 is 0 Å². The van der Waals surface area contributed by atoms with Crippen LogP contribution in [0.3, 0.4) is 0 Å². The molecule has 9 heteroatoms. The minimum atomic E-state index is -0.874. The number of nitrogens with one attached hydrogen (secondary N) is 2. The average Bonchev–Trinajstić information content (AvgIpc) is 3.69. The van der Waals surface area contributed by atoms with Gasteiger partial charge in [-0.2, -0.15) is 0 Å². The SMILES string of the molecule is C=Cc1c(C)c2cc3nc(cc4[nH]c(cc5nc(cc1[nH]2)[C@]1(C)SC=CC51)c(C)c4CCC(=O)O)C(CCC(=O)O)=C3C.